The molecule has 1 N–H and O–H groups in total. The van der Waals surface area contributed by atoms with Gasteiger partial charge in [0.2, 0.25) is 5.91 Å². The van der Waals surface area contributed by atoms with Gasteiger partial charge in [-0.05, 0) is 55.5 Å². The first-order valence-corrected chi connectivity index (χ1v) is 9.52. The quantitative estimate of drug-likeness (QED) is 0.784. The molecule has 0 aromatic heterocycles. The van der Waals surface area contributed by atoms with Crippen molar-refractivity contribution in [1.29, 1.82) is 0 Å². The Morgan fingerprint density at radius 2 is 2.00 bits per heavy atom. The highest BCUT2D eigenvalue weighted by Gasteiger charge is 2.24. The molecule has 1 fully saturated rings. The maximum absolute atomic E-state index is 13.6. The minimum absolute atomic E-state index is 0.0314. The van der Waals surface area contributed by atoms with E-state index in [1.807, 2.05) is 18.2 Å². The van der Waals surface area contributed by atoms with Crippen molar-refractivity contribution >= 4 is 23.2 Å². The third-order valence-electron chi connectivity index (χ3n) is 5.05. The fraction of sp³-hybridized carbons (Fsp3) is 0.381. The van der Waals surface area contributed by atoms with Crippen molar-refractivity contribution in [3.63, 3.8) is 0 Å². The average molecular weight is 393 g/mol. The summed E-state index contributed by atoms with van der Waals surface area (Å²) < 4.78 is 27.2. The van der Waals surface area contributed by atoms with Crippen LogP contribution in [0.3, 0.4) is 0 Å². The Hall–Kier alpha value is -2.14. The average Bonchev–Trinajstić information content (AvgIpc) is 3.10. The lowest BCUT2D eigenvalue weighted by Crippen LogP contribution is -2.31. The summed E-state index contributed by atoms with van der Waals surface area (Å²) in [5.74, 6) is -1.05. The number of halogens is 3. The molecule has 27 heavy (non-hydrogen) atoms. The van der Waals surface area contributed by atoms with Crippen LogP contribution in [0.4, 0.5) is 14.5 Å². The van der Waals surface area contributed by atoms with Crippen molar-refractivity contribution in [2.75, 3.05) is 24.5 Å². The van der Waals surface area contributed by atoms with Gasteiger partial charge in [-0.2, -0.15) is 0 Å². The molecule has 2 aromatic rings. The summed E-state index contributed by atoms with van der Waals surface area (Å²) in [6.07, 6.45) is 1.11. The highest BCUT2D eigenvalue weighted by Crippen LogP contribution is 2.29. The lowest BCUT2D eigenvalue weighted by atomic mass is 10.1. The van der Waals surface area contributed by atoms with Gasteiger partial charge in [-0.1, -0.05) is 23.7 Å². The standard InChI is InChI=1S/C21H23ClF2N2O/c1-14-5-6-16(22)11-20(14)26-10-9-15(13-26)12-25-21(27)8-7-17-18(23)3-2-4-19(17)24/h2-6,11,15H,7-10,12-13H2,1H3,(H,25,27). The van der Waals surface area contributed by atoms with Crippen LogP contribution >= 0.6 is 11.6 Å². The summed E-state index contributed by atoms with van der Waals surface area (Å²) in [4.78, 5) is 14.3. The molecular formula is C21H23ClF2N2O. The van der Waals surface area contributed by atoms with Crippen LogP contribution in [0.2, 0.25) is 5.02 Å². The van der Waals surface area contributed by atoms with Gasteiger partial charge in [-0.15, -0.1) is 0 Å². The van der Waals surface area contributed by atoms with Gasteiger partial charge < -0.3 is 10.2 Å². The zero-order chi connectivity index (χ0) is 19.4. The molecule has 3 rings (SSSR count). The Bertz CT molecular complexity index is 808. The number of hydrogen-bond acceptors (Lipinski definition) is 2. The summed E-state index contributed by atoms with van der Waals surface area (Å²) in [7, 11) is 0. The highest BCUT2D eigenvalue weighted by molar-refractivity contribution is 6.30. The summed E-state index contributed by atoms with van der Waals surface area (Å²) in [6.45, 7) is 4.39. The minimum atomic E-state index is -0.605. The predicted octanol–water partition coefficient (Wildman–Crippen LogP) is 4.50. The number of carbonyl (C=O) groups is 1. The van der Waals surface area contributed by atoms with Crippen LogP contribution in [0, 0.1) is 24.5 Å². The largest absolute Gasteiger partial charge is 0.371 e. The topological polar surface area (TPSA) is 32.3 Å². The van der Waals surface area contributed by atoms with E-state index in [4.69, 9.17) is 11.6 Å². The second-order valence-electron chi connectivity index (χ2n) is 7.04. The van der Waals surface area contributed by atoms with Gasteiger partial charge in [0.1, 0.15) is 11.6 Å². The van der Waals surface area contributed by atoms with E-state index in [0.717, 1.165) is 25.2 Å². The van der Waals surface area contributed by atoms with Gasteiger partial charge in [0.25, 0.3) is 0 Å². The van der Waals surface area contributed by atoms with Crippen molar-refractivity contribution in [2.45, 2.75) is 26.2 Å². The molecule has 0 aliphatic carbocycles. The molecule has 1 atom stereocenters. The Balaban J connectivity index is 1.47. The molecule has 1 aliphatic heterocycles. The molecule has 1 unspecified atom stereocenters. The first-order valence-electron chi connectivity index (χ1n) is 9.14. The van der Waals surface area contributed by atoms with E-state index in [1.165, 1.54) is 23.8 Å². The molecule has 144 valence electrons. The molecule has 0 bridgehead atoms. The predicted molar refractivity (Wildman–Crippen MR) is 104 cm³/mol. The monoisotopic (exact) mass is 392 g/mol. The maximum atomic E-state index is 13.6. The van der Waals surface area contributed by atoms with Crippen LogP contribution in [-0.4, -0.2) is 25.5 Å². The molecule has 0 saturated carbocycles. The number of rotatable bonds is 6. The van der Waals surface area contributed by atoms with Crippen molar-refractivity contribution in [3.8, 4) is 0 Å². The molecule has 1 heterocycles. The lowest BCUT2D eigenvalue weighted by molar-refractivity contribution is -0.121. The molecule has 1 amide bonds. The first kappa shape index (κ1) is 19.6. The molecule has 1 saturated heterocycles. The van der Waals surface area contributed by atoms with Crippen LogP contribution < -0.4 is 10.2 Å². The number of carbonyl (C=O) groups excluding carboxylic acids is 1. The maximum Gasteiger partial charge on any atom is 0.220 e. The molecule has 6 heteroatoms. The van der Waals surface area contributed by atoms with Crippen LogP contribution in [0.15, 0.2) is 36.4 Å². The van der Waals surface area contributed by atoms with Crippen molar-refractivity contribution in [2.24, 2.45) is 5.92 Å². The summed E-state index contributed by atoms with van der Waals surface area (Å²) in [6, 6.07) is 9.60. The molecule has 0 spiro atoms. The van der Waals surface area contributed by atoms with E-state index in [2.05, 4.69) is 17.1 Å². The SMILES string of the molecule is Cc1ccc(Cl)cc1N1CCC(CNC(=O)CCc2c(F)cccc2F)C1. The first-order chi connectivity index (χ1) is 12.9. The summed E-state index contributed by atoms with van der Waals surface area (Å²) >= 11 is 6.10. The second-order valence-corrected chi connectivity index (χ2v) is 7.47. The third-order valence-corrected chi connectivity index (χ3v) is 5.28. The van der Waals surface area contributed by atoms with E-state index >= 15 is 0 Å². The van der Waals surface area contributed by atoms with Crippen molar-refractivity contribution in [3.05, 3.63) is 64.2 Å². The number of anilines is 1. The van der Waals surface area contributed by atoms with E-state index in [-0.39, 0.29) is 24.3 Å². The Kier molecular flexibility index (Phi) is 6.32. The highest BCUT2D eigenvalue weighted by atomic mass is 35.5. The zero-order valence-electron chi connectivity index (χ0n) is 15.3. The number of nitrogens with one attached hydrogen (secondary N) is 1. The number of aryl methyl sites for hydroxylation is 1. The summed E-state index contributed by atoms with van der Waals surface area (Å²) in [5, 5.41) is 3.61. The van der Waals surface area contributed by atoms with Gasteiger partial charge in [-0.3, -0.25) is 4.79 Å². The molecule has 3 nitrogen and oxygen atoms in total. The number of nitrogens with zero attached hydrogens (tertiary/aromatic N) is 1. The minimum Gasteiger partial charge on any atom is -0.371 e. The van der Waals surface area contributed by atoms with Crippen LogP contribution in [0.1, 0.15) is 24.0 Å². The third kappa shape index (κ3) is 4.98. The van der Waals surface area contributed by atoms with Gasteiger partial charge in [0.05, 0.1) is 0 Å². The zero-order valence-corrected chi connectivity index (χ0v) is 16.0. The van der Waals surface area contributed by atoms with Crippen LogP contribution in [0.5, 0.6) is 0 Å². The molecule has 0 radical (unpaired) electrons. The molecule has 2 aromatic carbocycles. The Morgan fingerprint density at radius 1 is 1.26 bits per heavy atom. The molecular weight excluding hydrogens is 370 g/mol. The Labute approximate surface area is 163 Å². The number of hydrogen-bond donors (Lipinski definition) is 1. The van der Waals surface area contributed by atoms with E-state index in [9.17, 15) is 13.6 Å². The fourth-order valence-electron chi connectivity index (χ4n) is 3.50. The normalized spacial score (nSPS) is 16.6. The van der Waals surface area contributed by atoms with Gasteiger partial charge in [-0.25, -0.2) is 8.78 Å². The Morgan fingerprint density at radius 3 is 2.74 bits per heavy atom. The van der Waals surface area contributed by atoms with Crippen molar-refractivity contribution in [1.82, 2.24) is 5.32 Å². The van der Waals surface area contributed by atoms with Gasteiger partial charge in [0, 0.05) is 42.3 Å². The fourth-order valence-corrected chi connectivity index (χ4v) is 3.66. The van der Waals surface area contributed by atoms with Crippen LogP contribution in [0.25, 0.3) is 0 Å². The lowest BCUT2D eigenvalue weighted by Gasteiger charge is -2.21. The van der Waals surface area contributed by atoms with E-state index in [1.54, 1.807) is 0 Å². The van der Waals surface area contributed by atoms with Gasteiger partial charge in [0.15, 0.2) is 0 Å². The van der Waals surface area contributed by atoms with Gasteiger partial charge >= 0.3 is 0 Å². The molecule has 1 aliphatic rings. The van der Waals surface area contributed by atoms with Crippen molar-refractivity contribution < 1.29 is 13.6 Å². The second kappa shape index (κ2) is 8.70. The smallest absolute Gasteiger partial charge is 0.220 e. The summed E-state index contributed by atoms with van der Waals surface area (Å²) in [5.41, 5.74) is 2.28. The van der Waals surface area contributed by atoms with E-state index in [0.29, 0.717) is 17.5 Å². The van der Waals surface area contributed by atoms with Crippen LogP contribution in [-0.2, 0) is 11.2 Å². The number of amides is 1. The number of benzene rings is 2. The van der Waals surface area contributed by atoms with E-state index < -0.39 is 11.6 Å².